The molecule has 0 saturated heterocycles. The summed E-state index contributed by atoms with van der Waals surface area (Å²) in [4.78, 5) is 24.9. The van der Waals surface area contributed by atoms with Crippen LogP contribution in [0.4, 0.5) is 0 Å². The number of benzene rings is 2. The number of hydrogen-bond donors (Lipinski definition) is 1. The van der Waals surface area contributed by atoms with E-state index in [2.05, 4.69) is 4.99 Å². The van der Waals surface area contributed by atoms with E-state index in [1.165, 1.54) is 60.7 Å². The number of carbonyl (C=O) groups excluding carboxylic acids is 1. The molecule has 0 radical (unpaired) electrons. The highest BCUT2D eigenvalue weighted by Crippen LogP contribution is 2.36. The number of carboxylic acid groups (broad SMARTS) is 1. The van der Waals surface area contributed by atoms with Crippen molar-refractivity contribution in [2.45, 2.75) is 0 Å². The lowest BCUT2D eigenvalue weighted by Crippen LogP contribution is -2.14. The third-order valence-corrected chi connectivity index (χ3v) is 5.92. The Morgan fingerprint density at radius 3 is 1.97 bits per heavy atom. The number of carbonyl (C=O) groups is 2. The number of rotatable bonds is 5. The predicted molar refractivity (Wildman–Crippen MR) is 104 cm³/mol. The summed E-state index contributed by atoms with van der Waals surface area (Å²) in [5.74, 6) is -0.898. The lowest BCUT2D eigenvalue weighted by Gasteiger charge is -2.17. The van der Waals surface area contributed by atoms with Crippen LogP contribution in [0.3, 0.4) is 0 Å². The van der Waals surface area contributed by atoms with Crippen LogP contribution in [-0.2, 0) is 14.6 Å². The summed E-state index contributed by atoms with van der Waals surface area (Å²) in [6.07, 6.45) is 4.14. The van der Waals surface area contributed by atoms with Gasteiger partial charge in [0.1, 0.15) is 5.75 Å². The van der Waals surface area contributed by atoms with Gasteiger partial charge in [-0.25, -0.2) is 13.2 Å². The fraction of sp³-hybridized carbons (Fsp3) is 0. The topological polar surface area (TPSA) is 134 Å². The van der Waals surface area contributed by atoms with E-state index in [-0.39, 0.29) is 38.9 Å². The molecule has 9 heteroatoms. The third-order valence-electron chi connectivity index (χ3n) is 4.06. The van der Waals surface area contributed by atoms with Crippen LogP contribution in [0.5, 0.6) is 5.75 Å². The highest BCUT2D eigenvalue weighted by Gasteiger charge is 2.30. The summed E-state index contributed by atoms with van der Waals surface area (Å²) in [6, 6.07) is 11.1. The average Bonchev–Trinajstić information content (AvgIpc) is 2.70. The maximum Gasteiger partial charge on any atom is 0.335 e. The first-order valence-corrected chi connectivity index (χ1v) is 9.55. The van der Waals surface area contributed by atoms with Crippen LogP contribution in [0.25, 0.3) is 9.81 Å². The van der Waals surface area contributed by atoms with Crippen molar-refractivity contribution in [3.05, 3.63) is 77.4 Å². The van der Waals surface area contributed by atoms with Gasteiger partial charge in [-0.1, -0.05) is 12.1 Å². The van der Waals surface area contributed by atoms with E-state index in [1.807, 2.05) is 0 Å². The van der Waals surface area contributed by atoms with Crippen LogP contribution in [0.1, 0.15) is 21.5 Å². The Balaban J connectivity index is 2.11. The van der Waals surface area contributed by atoms with Gasteiger partial charge in [0, 0.05) is 0 Å². The van der Waals surface area contributed by atoms with Crippen molar-refractivity contribution < 1.29 is 27.9 Å². The number of nitrogens with zero attached hydrogens (tertiary/aromatic N) is 2. The van der Waals surface area contributed by atoms with Crippen LogP contribution in [0.15, 0.2) is 65.7 Å². The van der Waals surface area contributed by atoms with Gasteiger partial charge in [0.25, 0.3) is 6.47 Å². The van der Waals surface area contributed by atoms with Crippen LogP contribution < -0.4 is 4.74 Å². The van der Waals surface area contributed by atoms with Gasteiger partial charge in [0.15, 0.2) is 0 Å². The largest absolute Gasteiger partial charge is 0.478 e. The molecular formula is C20H12N2O6S. The van der Waals surface area contributed by atoms with Crippen molar-refractivity contribution in [2.24, 2.45) is 4.99 Å². The molecule has 2 aromatic rings. The molecule has 3 rings (SSSR count). The van der Waals surface area contributed by atoms with Gasteiger partial charge in [-0.05, 0) is 59.7 Å². The summed E-state index contributed by atoms with van der Waals surface area (Å²) in [5, 5.41) is 17.9. The van der Waals surface area contributed by atoms with Crippen LogP contribution in [0.2, 0.25) is 0 Å². The predicted octanol–water partition coefficient (Wildman–Crippen LogP) is 2.65. The molecule has 0 atom stereocenters. The number of aromatic carboxylic acids is 1. The van der Waals surface area contributed by atoms with Crippen LogP contribution in [0, 0.1) is 11.5 Å². The molecule has 0 fully saturated rings. The van der Waals surface area contributed by atoms with E-state index in [1.54, 1.807) is 6.19 Å². The summed E-state index contributed by atoms with van der Waals surface area (Å²) >= 11 is 0. The Hall–Kier alpha value is -4.03. The first-order valence-electron chi connectivity index (χ1n) is 8.06. The van der Waals surface area contributed by atoms with Gasteiger partial charge < -0.3 is 9.84 Å². The minimum absolute atomic E-state index is 0.00926. The Morgan fingerprint density at radius 1 is 1.00 bits per heavy atom. The van der Waals surface area contributed by atoms with E-state index in [4.69, 9.17) is 15.1 Å². The first-order chi connectivity index (χ1) is 13.9. The lowest BCUT2D eigenvalue weighted by atomic mass is 10.1. The molecule has 1 aliphatic heterocycles. The van der Waals surface area contributed by atoms with Crippen LogP contribution in [-0.4, -0.2) is 31.7 Å². The van der Waals surface area contributed by atoms with Gasteiger partial charge in [-0.15, -0.1) is 0 Å². The number of nitriles is 1. The highest BCUT2D eigenvalue weighted by atomic mass is 32.2. The van der Waals surface area contributed by atoms with Crippen molar-refractivity contribution in [1.29, 1.82) is 5.26 Å². The lowest BCUT2D eigenvalue weighted by molar-refractivity contribution is -0.120. The summed E-state index contributed by atoms with van der Waals surface area (Å²) in [6.45, 7) is 0.255. The normalized spacial score (nSPS) is 16.3. The molecule has 144 valence electrons. The number of allylic oxidation sites excluding steroid dienone is 2. The number of hydrogen-bond acceptors (Lipinski definition) is 7. The smallest absolute Gasteiger partial charge is 0.335 e. The molecule has 0 bridgehead atoms. The molecular weight excluding hydrogens is 396 g/mol. The molecule has 0 aliphatic carbocycles. The Kier molecular flexibility index (Phi) is 5.38. The number of aliphatic imine (C=N–C) groups is 1. The van der Waals surface area contributed by atoms with E-state index < -0.39 is 15.8 Å². The summed E-state index contributed by atoms with van der Waals surface area (Å²) in [5.41, 5.74) is 0.701. The van der Waals surface area contributed by atoms with E-state index in [9.17, 15) is 18.0 Å². The molecule has 1 aliphatic rings. The standard InChI is InChI=1S/C20H12N2O6S/c21-11-22-16-9-18(13-1-3-15(4-2-13)20(24)25)29(26,27)19(10-16)14-5-7-17(8-6-14)28-12-23/h1-10,12H,(H,24,25)/b22-16+. The minimum atomic E-state index is -4.01. The fourth-order valence-corrected chi connectivity index (χ4v) is 4.40. The second kappa shape index (κ2) is 7.92. The zero-order valence-electron chi connectivity index (χ0n) is 14.6. The molecule has 0 spiro atoms. The zero-order valence-corrected chi connectivity index (χ0v) is 15.5. The van der Waals surface area contributed by atoms with Crippen molar-refractivity contribution in [2.75, 3.05) is 0 Å². The van der Waals surface area contributed by atoms with E-state index >= 15 is 0 Å². The highest BCUT2D eigenvalue weighted by molar-refractivity contribution is 8.09. The van der Waals surface area contributed by atoms with Crippen molar-refractivity contribution in [3.63, 3.8) is 0 Å². The monoisotopic (exact) mass is 408 g/mol. The van der Waals surface area contributed by atoms with E-state index in [0.717, 1.165) is 0 Å². The molecule has 1 heterocycles. The van der Waals surface area contributed by atoms with Gasteiger partial charge >= 0.3 is 5.97 Å². The maximum atomic E-state index is 13.2. The minimum Gasteiger partial charge on any atom is -0.478 e. The SMILES string of the molecule is N#C/N=C1/C=C(c2ccc(OC=O)cc2)S(=O)(=O)C(c2ccc(C(=O)O)cc2)=C1. The van der Waals surface area contributed by atoms with Gasteiger partial charge in [0.2, 0.25) is 16.0 Å². The van der Waals surface area contributed by atoms with Crippen LogP contribution >= 0.6 is 0 Å². The second-order valence-electron chi connectivity index (χ2n) is 5.78. The third kappa shape index (κ3) is 3.97. The van der Waals surface area contributed by atoms with Gasteiger partial charge in [0.05, 0.1) is 21.1 Å². The number of carboxylic acids is 1. The fourth-order valence-electron chi connectivity index (χ4n) is 2.71. The second-order valence-corrected chi connectivity index (χ2v) is 7.66. The van der Waals surface area contributed by atoms with Crippen molar-refractivity contribution in [1.82, 2.24) is 0 Å². The number of sulfone groups is 1. The van der Waals surface area contributed by atoms with Gasteiger partial charge in [-0.2, -0.15) is 10.3 Å². The first kappa shape index (κ1) is 19.7. The van der Waals surface area contributed by atoms with E-state index in [0.29, 0.717) is 5.56 Å². The quantitative estimate of drug-likeness (QED) is 0.594. The average molecular weight is 408 g/mol. The Labute approximate surface area is 165 Å². The molecule has 0 aromatic heterocycles. The Morgan fingerprint density at radius 2 is 1.52 bits per heavy atom. The molecule has 29 heavy (non-hydrogen) atoms. The van der Waals surface area contributed by atoms with Crippen molar-refractivity contribution >= 4 is 37.8 Å². The van der Waals surface area contributed by atoms with Gasteiger partial charge in [-0.3, -0.25) is 4.79 Å². The van der Waals surface area contributed by atoms with Crippen molar-refractivity contribution in [3.8, 4) is 11.9 Å². The molecule has 0 amide bonds. The molecule has 1 N–H and O–H groups in total. The number of ether oxygens (including phenoxy) is 1. The molecule has 8 nitrogen and oxygen atoms in total. The molecule has 0 unspecified atom stereocenters. The zero-order chi connectivity index (χ0) is 21.0. The molecule has 0 saturated carbocycles. The summed E-state index contributed by atoms with van der Waals surface area (Å²) < 4.78 is 31.1. The maximum absolute atomic E-state index is 13.2. The summed E-state index contributed by atoms with van der Waals surface area (Å²) in [7, 11) is -4.01. The molecule has 2 aromatic carbocycles. The Bertz CT molecular complexity index is 1220.